The van der Waals surface area contributed by atoms with Crippen molar-refractivity contribution in [2.24, 2.45) is 0 Å². The van der Waals surface area contributed by atoms with Crippen molar-refractivity contribution in [2.45, 2.75) is 6.92 Å². The first-order chi connectivity index (χ1) is 11.5. The van der Waals surface area contributed by atoms with Crippen LogP contribution in [-0.4, -0.2) is 42.3 Å². The lowest BCUT2D eigenvalue weighted by Crippen LogP contribution is -2.37. The molecule has 1 fully saturated rings. The quantitative estimate of drug-likeness (QED) is 0.673. The van der Waals surface area contributed by atoms with E-state index in [2.05, 4.69) is 10.5 Å². The maximum absolute atomic E-state index is 12.6. The number of ether oxygens (including phenoxy) is 1. The molecule has 0 radical (unpaired) electrons. The van der Waals surface area contributed by atoms with Crippen LogP contribution in [-0.2, 0) is 4.74 Å². The van der Waals surface area contributed by atoms with E-state index >= 15 is 0 Å². The third-order valence-electron chi connectivity index (χ3n) is 3.66. The predicted molar refractivity (Wildman–Crippen MR) is 85.3 cm³/mol. The van der Waals surface area contributed by atoms with Crippen molar-refractivity contribution >= 4 is 23.1 Å². The second kappa shape index (κ2) is 6.67. The highest BCUT2D eigenvalue weighted by molar-refractivity contribution is 6.08. The van der Waals surface area contributed by atoms with Crippen LogP contribution in [0.5, 0.6) is 0 Å². The summed E-state index contributed by atoms with van der Waals surface area (Å²) in [6.07, 6.45) is 0. The lowest BCUT2D eigenvalue weighted by atomic mass is 10.1. The highest BCUT2D eigenvalue weighted by atomic mass is 16.6. The molecule has 126 valence electrons. The summed E-state index contributed by atoms with van der Waals surface area (Å²) < 4.78 is 10.2. The number of hydrogen-bond acceptors (Lipinski definition) is 7. The molecule has 0 unspecified atom stereocenters. The SMILES string of the molecule is Cc1cc(NC(=O)c2cc([N+](=O)[O-])ccc2N2CCOCC2)no1. The Morgan fingerprint density at radius 3 is 2.71 bits per heavy atom. The molecule has 3 rings (SSSR count). The number of amides is 1. The summed E-state index contributed by atoms with van der Waals surface area (Å²) in [5.74, 6) is 0.336. The molecule has 0 atom stereocenters. The largest absolute Gasteiger partial charge is 0.378 e. The van der Waals surface area contributed by atoms with Crippen LogP contribution in [0.3, 0.4) is 0 Å². The van der Waals surface area contributed by atoms with Crippen LogP contribution < -0.4 is 10.2 Å². The topological polar surface area (TPSA) is 111 Å². The van der Waals surface area contributed by atoms with Crippen molar-refractivity contribution in [3.63, 3.8) is 0 Å². The Labute approximate surface area is 137 Å². The summed E-state index contributed by atoms with van der Waals surface area (Å²) in [7, 11) is 0. The van der Waals surface area contributed by atoms with Crippen molar-refractivity contribution in [3.8, 4) is 0 Å². The van der Waals surface area contributed by atoms with Gasteiger partial charge in [0.2, 0.25) is 0 Å². The Morgan fingerprint density at radius 2 is 2.08 bits per heavy atom. The van der Waals surface area contributed by atoms with Gasteiger partial charge >= 0.3 is 0 Å². The lowest BCUT2D eigenvalue weighted by molar-refractivity contribution is -0.384. The minimum atomic E-state index is -0.528. The number of hydrogen-bond donors (Lipinski definition) is 1. The fourth-order valence-electron chi connectivity index (χ4n) is 2.51. The van der Waals surface area contributed by atoms with Gasteiger partial charge in [-0.25, -0.2) is 0 Å². The molecule has 0 saturated carbocycles. The molecule has 2 heterocycles. The molecule has 0 spiro atoms. The summed E-state index contributed by atoms with van der Waals surface area (Å²) in [6, 6.07) is 5.82. The van der Waals surface area contributed by atoms with Gasteiger partial charge in [0, 0.05) is 31.3 Å². The molecule has 0 bridgehead atoms. The van der Waals surface area contributed by atoms with Crippen molar-refractivity contribution in [1.82, 2.24) is 5.16 Å². The van der Waals surface area contributed by atoms with Gasteiger partial charge in [0.1, 0.15) is 5.76 Å². The molecule has 1 aliphatic rings. The second-order valence-corrected chi connectivity index (χ2v) is 5.33. The molecule has 1 saturated heterocycles. The zero-order valence-corrected chi connectivity index (χ0v) is 13.0. The van der Waals surface area contributed by atoms with Crippen LogP contribution in [0.15, 0.2) is 28.8 Å². The second-order valence-electron chi connectivity index (χ2n) is 5.33. The van der Waals surface area contributed by atoms with Crippen molar-refractivity contribution in [2.75, 3.05) is 36.5 Å². The van der Waals surface area contributed by atoms with E-state index in [9.17, 15) is 14.9 Å². The van der Waals surface area contributed by atoms with Gasteiger partial charge in [-0.15, -0.1) is 0 Å². The average Bonchev–Trinajstić information content (AvgIpc) is 3.00. The third-order valence-corrected chi connectivity index (χ3v) is 3.66. The Bertz CT molecular complexity index is 767. The van der Waals surface area contributed by atoms with Gasteiger partial charge in [-0.05, 0) is 13.0 Å². The van der Waals surface area contributed by atoms with Gasteiger partial charge in [0.05, 0.1) is 29.4 Å². The molecular weight excluding hydrogens is 316 g/mol. The maximum Gasteiger partial charge on any atom is 0.270 e. The molecule has 1 N–H and O–H groups in total. The van der Waals surface area contributed by atoms with Crippen LogP contribution in [0.1, 0.15) is 16.1 Å². The van der Waals surface area contributed by atoms with E-state index in [0.717, 1.165) is 0 Å². The van der Waals surface area contributed by atoms with E-state index in [1.165, 1.54) is 12.1 Å². The van der Waals surface area contributed by atoms with Gasteiger partial charge in [-0.3, -0.25) is 14.9 Å². The highest BCUT2D eigenvalue weighted by Crippen LogP contribution is 2.27. The first kappa shape index (κ1) is 15.9. The van der Waals surface area contributed by atoms with Gasteiger partial charge in [-0.2, -0.15) is 0 Å². The van der Waals surface area contributed by atoms with E-state index in [4.69, 9.17) is 9.26 Å². The number of carbonyl (C=O) groups excluding carboxylic acids is 1. The number of morpholine rings is 1. The summed E-state index contributed by atoms with van der Waals surface area (Å²) in [4.78, 5) is 25.1. The van der Waals surface area contributed by atoms with E-state index < -0.39 is 10.8 Å². The molecule has 24 heavy (non-hydrogen) atoms. The van der Waals surface area contributed by atoms with E-state index in [0.29, 0.717) is 37.8 Å². The monoisotopic (exact) mass is 332 g/mol. The van der Waals surface area contributed by atoms with Crippen LogP contribution in [0.4, 0.5) is 17.2 Å². The third kappa shape index (κ3) is 3.35. The Balaban J connectivity index is 1.93. The van der Waals surface area contributed by atoms with Gasteiger partial charge < -0.3 is 19.5 Å². The van der Waals surface area contributed by atoms with Crippen molar-refractivity contribution in [3.05, 3.63) is 45.7 Å². The smallest absolute Gasteiger partial charge is 0.270 e. The molecular formula is C15H16N4O5. The molecule has 0 aliphatic carbocycles. The molecule has 1 amide bonds. The van der Waals surface area contributed by atoms with Crippen LogP contribution >= 0.6 is 0 Å². The zero-order valence-electron chi connectivity index (χ0n) is 13.0. The highest BCUT2D eigenvalue weighted by Gasteiger charge is 2.22. The number of aryl methyl sites for hydroxylation is 1. The fraction of sp³-hybridized carbons (Fsp3) is 0.333. The number of benzene rings is 1. The number of nitrogens with zero attached hydrogens (tertiary/aromatic N) is 3. The van der Waals surface area contributed by atoms with Crippen molar-refractivity contribution in [1.29, 1.82) is 0 Å². The molecule has 9 nitrogen and oxygen atoms in total. The van der Waals surface area contributed by atoms with Gasteiger partial charge in [0.15, 0.2) is 5.82 Å². The molecule has 9 heteroatoms. The van der Waals surface area contributed by atoms with Crippen LogP contribution in [0, 0.1) is 17.0 Å². The van der Waals surface area contributed by atoms with E-state index in [1.807, 2.05) is 4.90 Å². The number of nitrogens with one attached hydrogen (secondary N) is 1. The Hall–Kier alpha value is -2.94. The Kier molecular flexibility index (Phi) is 4.43. The Morgan fingerprint density at radius 1 is 1.33 bits per heavy atom. The van der Waals surface area contributed by atoms with Gasteiger partial charge in [-0.1, -0.05) is 5.16 Å². The lowest BCUT2D eigenvalue weighted by Gasteiger charge is -2.30. The first-order valence-corrected chi connectivity index (χ1v) is 7.40. The number of aromatic nitrogens is 1. The minimum absolute atomic E-state index is 0.145. The fourth-order valence-corrected chi connectivity index (χ4v) is 2.51. The number of anilines is 2. The summed E-state index contributed by atoms with van der Waals surface area (Å²) in [5.41, 5.74) is 0.696. The normalized spacial score (nSPS) is 14.5. The average molecular weight is 332 g/mol. The summed E-state index contributed by atoms with van der Waals surface area (Å²) in [5, 5.41) is 17.3. The number of rotatable bonds is 4. The predicted octanol–water partition coefficient (Wildman–Crippen LogP) is 1.98. The van der Waals surface area contributed by atoms with Gasteiger partial charge in [0.25, 0.3) is 11.6 Å². The molecule has 1 aromatic heterocycles. The number of carbonyl (C=O) groups is 1. The minimum Gasteiger partial charge on any atom is -0.378 e. The van der Waals surface area contributed by atoms with Crippen LogP contribution in [0.25, 0.3) is 0 Å². The number of non-ortho nitro benzene ring substituents is 1. The van der Waals surface area contributed by atoms with Crippen LogP contribution in [0.2, 0.25) is 0 Å². The standard InChI is InChI=1S/C15H16N4O5/c1-10-8-14(17-24-10)16-15(20)12-9-11(19(21)22)2-3-13(12)18-4-6-23-7-5-18/h2-3,8-9H,4-7H2,1H3,(H,16,17,20). The first-order valence-electron chi connectivity index (χ1n) is 7.40. The van der Waals surface area contributed by atoms with Crippen molar-refractivity contribution < 1.29 is 19.0 Å². The van der Waals surface area contributed by atoms with E-state index in [1.54, 1.807) is 19.1 Å². The van der Waals surface area contributed by atoms with E-state index in [-0.39, 0.29) is 17.1 Å². The number of nitro benzene ring substituents is 1. The number of nitro groups is 1. The maximum atomic E-state index is 12.6. The molecule has 1 aromatic carbocycles. The summed E-state index contributed by atoms with van der Waals surface area (Å²) in [6.45, 7) is 4.01. The summed E-state index contributed by atoms with van der Waals surface area (Å²) >= 11 is 0. The molecule has 1 aliphatic heterocycles. The zero-order chi connectivity index (χ0) is 17.1. The molecule has 2 aromatic rings.